The summed E-state index contributed by atoms with van der Waals surface area (Å²) in [6, 6.07) is 4.90. The predicted molar refractivity (Wildman–Crippen MR) is 71.9 cm³/mol. The molecule has 0 radical (unpaired) electrons. The van der Waals surface area contributed by atoms with Gasteiger partial charge in [-0.3, -0.25) is 14.5 Å². The van der Waals surface area contributed by atoms with Crippen LogP contribution in [0, 0.1) is 5.82 Å². The number of halogens is 1. The number of carboxylic acid groups (broad SMARTS) is 1. The maximum Gasteiger partial charge on any atom is 0.321 e. The minimum Gasteiger partial charge on any atom is -0.480 e. The predicted octanol–water partition coefficient (Wildman–Crippen LogP) is -0.0383. The Morgan fingerprint density at radius 1 is 1.33 bits per heavy atom. The molecular formula is C14H17FN2O4. The number of aliphatic carboxylic acids is 1. The van der Waals surface area contributed by atoms with Crippen LogP contribution < -0.4 is 5.32 Å². The highest BCUT2D eigenvalue weighted by molar-refractivity contribution is 5.80. The monoisotopic (exact) mass is 296 g/mol. The van der Waals surface area contributed by atoms with E-state index in [1.807, 2.05) is 0 Å². The van der Waals surface area contributed by atoms with Crippen molar-refractivity contribution in [3.8, 4) is 0 Å². The third-order valence-electron chi connectivity index (χ3n) is 3.42. The summed E-state index contributed by atoms with van der Waals surface area (Å²) in [7, 11) is 0. The molecule has 114 valence electrons. The number of likely N-dealkylation sites (tertiary alicyclic amines) is 1. The van der Waals surface area contributed by atoms with Gasteiger partial charge in [-0.25, -0.2) is 4.39 Å². The van der Waals surface area contributed by atoms with Gasteiger partial charge < -0.3 is 15.5 Å². The third-order valence-corrected chi connectivity index (χ3v) is 3.42. The Kier molecular flexibility index (Phi) is 4.87. The van der Waals surface area contributed by atoms with E-state index in [9.17, 15) is 19.1 Å². The Bertz CT molecular complexity index is 520. The fraction of sp³-hybridized carbons (Fsp3) is 0.429. The van der Waals surface area contributed by atoms with Crippen molar-refractivity contribution in [3.05, 3.63) is 35.6 Å². The van der Waals surface area contributed by atoms with E-state index < -0.39 is 18.1 Å². The van der Waals surface area contributed by atoms with E-state index >= 15 is 0 Å². The molecule has 1 aliphatic rings. The molecule has 1 heterocycles. The smallest absolute Gasteiger partial charge is 0.321 e. The topological polar surface area (TPSA) is 89.9 Å². The summed E-state index contributed by atoms with van der Waals surface area (Å²) in [6.07, 6.45) is -0.600. The molecule has 0 spiro atoms. The number of hydrogen-bond acceptors (Lipinski definition) is 4. The van der Waals surface area contributed by atoms with Crippen molar-refractivity contribution in [3.63, 3.8) is 0 Å². The van der Waals surface area contributed by atoms with Crippen molar-refractivity contribution < 1.29 is 24.2 Å². The van der Waals surface area contributed by atoms with Crippen LogP contribution in [-0.4, -0.2) is 52.2 Å². The lowest BCUT2D eigenvalue weighted by molar-refractivity contribution is -0.142. The van der Waals surface area contributed by atoms with E-state index in [0.717, 1.165) is 5.56 Å². The number of β-amino-alcohol motifs (C(OH)–C–C–N with tert-alkyl or cyclic N) is 1. The van der Waals surface area contributed by atoms with Crippen LogP contribution in [0.5, 0.6) is 0 Å². The lowest BCUT2D eigenvalue weighted by atomic mass is 10.2. The zero-order valence-corrected chi connectivity index (χ0v) is 11.3. The molecule has 2 rings (SSSR count). The number of carbonyl (C=O) groups excluding carboxylic acids is 1. The molecule has 0 saturated carbocycles. The maximum absolute atomic E-state index is 12.7. The summed E-state index contributed by atoms with van der Waals surface area (Å²) >= 11 is 0. The van der Waals surface area contributed by atoms with Crippen molar-refractivity contribution in [2.45, 2.75) is 25.1 Å². The molecule has 6 nitrogen and oxygen atoms in total. The molecule has 2 unspecified atom stereocenters. The van der Waals surface area contributed by atoms with Gasteiger partial charge in [0.15, 0.2) is 0 Å². The van der Waals surface area contributed by atoms with Gasteiger partial charge in [-0.05, 0) is 17.7 Å². The van der Waals surface area contributed by atoms with Crippen molar-refractivity contribution in [1.82, 2.24) is 10.2 Å². The van der Waals surface area contributed by atoms with Crippen LogP contribution in [0.4, 0.5) is 4.39 Å². The second-order valence-corrected chi connectivity index (χ2v) is 5.08. The number of aliphatic hydroxyl groups is 1. The number of rotatable bonds is 5. The second-order valence-electron chi connectivity index (χ2n) is 5.08. The van der Waals surface area contributed by atoms with Crippen LogP contribution in [0.1, 0.15) is 12.0 Å². The summed E-state index contributed by atoms with van der Waals surface area (Å²) in [4.78, 5) is 24.3. The lowest BCUT2D eigenvalue weighted by Crippen LogP contribution is -2.43. The molecule has 0 bridgehead atoms. The Morgan fingerprint density at radius 2 is 2.00 bits per heavy atom. The molecule has 7 heteroatoms. The van der Waals surface area contributed by atoms with Gasteiger partial charge in [-0.1, -0.05) is 12.1 Å². The summed E-state index contributed by atoms with van der Waals surface area (Å²) in [6.45, 7) is 0.323. The number of nitrogens with one attached hydrogen (secondary N) is 1. The van der Waals surface area contributed by atoms with Gasteiger partial charge in [-0.15, -0.1) is 0 Å². The second kappa shape index (κ2) is 6.64. The van der Waals surface area contributed by atoms with Gasteiger partial charge in [0.2, 0.25) is 5.91 Å². The molecule has 0 aromatic heterocycles. The lowest BCUT2D eigenvalue weighted by Gasteiger charge is -2.19. The highest BCUT2D eigenvalue weighted by Gasteiger charge is 2.36. The van der Waals surface area contributed by atoms with Crippen LogP contribution in [0.2, 0.25) is 0 Å². The average Bonchev–Trinajstić information content (AvgIpc) is 2.79. The van der Waals surface area contributed by atoms with Gasteiger partial charge in [-0.2, -0.15) is 0 Å². The molecule has 1 aromatic carbocycles. The number of amides is 1. The zero-order valence-electron chi connectivity index (χ0n) is 11.3. The van der Waals surface area contributed by atoms with Gasteiger partial charge in [0.05, 0.1) is 12.6 Å². The number of hydrogen-bond donors (Lipinski definition) is 3. The largest absolute Gasteiger partial charge is 0.480 e. The highest BCUT2D eigenvalue weighted by Crippen LogP contribution is 2.17. The van der Waals surface area contributed by atoms with Gasteiger partial charge >= 0.3 is 5.97 Å². The first-order valence-electron chi connectivity index (χ1n) is 6.62. The first-order chi connectivity index (χ1) is 9.95. The molecule has 1 fully saturated rings. The van der Waals surface area contributed by atoms with Gasteiger partial charge in [0.25, 0.3) is 0 Å². The van der Waals surface area contributed by atoms with Crippen molar-refractivity contribution in [2.75, 3.05) is 13.1 Å². The van der Waals surface area contributed by atoms with Crippen molar-refractivity contribution in [2.24, 2.45) is 0 Å². The Hall–Kier alpha value is -1.99. The molecule has 21 heavy (non-hydrogen) atoms. The number of carboxylic acids is 1. The first kappa shape index (κ1) is 15.4. The van der Waals surface area contributed by atoms with Crippen LogP contribution >= 0.6 is 0 Å². The zero-order chi connectivity index (χ0) is 15.4. The summed E-state index contributed by atoms with van der Waals surface area (Å²) in [5, 5.41) is 21.2. The highest BCUT2D eigenvalue weighted by atomic mass is 19.1. The van der Waals surface area contributed by atoms with Crippen LogP contribution in [0.15, 0.2) is 24.3 Å². The van der Waals surface area contributed by atoms with Gasteiger partial charge in [0.1, 0.15) is 11.9 Å². The van der Waals surface area contributed by atoms with E-state index in [2.05, 4.69) is 5.32 Å². The molecule has 3 N–H and O–H groups in total. The van der Waals surface area contributed by atoms with E-state index in [0.29, 0.717) is 0 Å². The van der Waals surface area contributed by atoms with E-state index in [-0.39, 0.29) is 37.8 Å². The Balaban J connectivity index is 1.84. The number of benzene rings is 1. The molecule has 1 saturated heterocycles. The summed E-state index contributed by atoms with van der Waals surface area (Å²) in [5.41, 5.74) is 0.751. The molecule has 1 amide bonds. The molecule has 0 aliphatic carbocycles. The van der Waals surface area contributed by atoms with E-state index in [4.69, 9.17) is 5.11 Å². The Labute approximate surface area is 121 Å². The molecule has 1 aliphatic heterocycles. The van der Waals surface area contributed by atoms with Crippen LogP contribution in [0.25, 0.3) is 0 Å². The first-order valence-corrected chi connectivity index (χ1v) is 6.62. The van der Waals surface area contributed by atoms with Crippen LogP contribution in [0.3, 0.4) is 0 Å². The number of nitrogens with zero attached hydrogens (tertiary/aromatic N) is 1. The summed E-state index contributed by atoms with van der Waals surface area (Å²) in [5.74, 6) is -1.72. The fourth-order valence-corrected chi connectivity index (χ4v) is 2.35. The fourth-order valence-electron chi connectivity index (χ4n) is 2.35. The van der Waals surface area contributed by atoms with E-state index in [1.165, 1.54) is 17.0 Å². The maximum atomic E-state index is 12.7. The van der Waals surface area contributed by atoms with Crippen molar-refractivity contribution in [1.29, 1.82) is 0 Å². The van der Waals surface area contributed by atoms with Crippen LogP contribution in [-0.2, 0) is 16.1 Å². The average molecular weight is 296 g/mol. The third kappa shape index (κ3) is 4.24. The van der Waals surface area contributed by atoms with E-state index in [1.54, 1.807) is 12.1 Å². The SMILES string of the molecule is O=C(CN1CC(O)CC1C(=O)O)NCc1ccc(F)cc1. The molecule has 1 aromatic rings. The normalized spacial score (nSPS) is 22.2. The summed E-state index contributed by atoms with van der Waals surface area (Å²) < 4.78 is 12.7. The standard InChI is InChI=1S/C14H17FN2O4/c15-10-3-1-9(2-4-10)6-16-13(19)8-17-7-11(18)5-12(17)14(20)21/h1-4,11-12,18H,5-8H2,(H,16,19)(H,20,21). The molecular weight excluding hydrogens is 279 g/mol. The number of carbonyl (C=O) groups is 2. The van der Waals surface area contributed by atoms with Crippen molar-refractivity contribution >= 4 is 11.9 Å². The number of aliphatic hydroxyl groups excluding tert-OH is 1. The Morgan fingerprint density at radius 3 is 2.62 bits per heavy atom. The quantitative estimate of drug-likeness (QED) is 0.709. The van der Waals surface area contributed by atoms with Gasteiger partial charge in [0, 0.05) is 19.5 Å². The minimum absolute atomic E-state index is 0.0881. The molecule has 2 atom stereocenters. The minimum atomic E-state index is -1.04.